The molecule has 13 rings (SSSR count). The predicted molar refractivity (Wildman–Crippen MR) is 375 cm³/mol. The molecule has 6 aromatic carbocycles. The molecule has 95 heavy (non-hydrogen) atoms. The molecule has 0 aromatic heterocycles. The fourth-order valence-electron chi connectivity index (χ4n) is 15.2. The van der Waals surface area contributed by atoms with Gasteiger partial charge in [0.05, 0.1) is 19.6 Å². The Balaban J connectivity index is 0.000000146. The summed E-state index contributed by atoms with van der Waals surface area (Å²) in [7, 11) is 1.74. The van der Waals surface area contributed by atoms with Gasteiger partial charge in [0, 0.05) is 49.9 Å². The van der Waals surface area contributed by atoms with E-state index in [4.69, 9.17) is 48.5 Å². The van der Waals surface area contributed by atoms with Gasteiger partial charge in [0.25, 0.3) is 23.6 Å². The van der Waals surface area contributed by atoms with Gasteiger partial charge in [-0.3, -0.25) is 38.7 Å². The summed E-state index contributed by atoms with van der Waals surface area (Å²) in [4.78, 5) is 87.3. The van der Waals surface area contributed by atoms with Crippen molar-refractivity contribution in [3.63, 3.8) is 0 Å². The van der Waals surface area contributed by atoms with Crippen LogP contribution < -0.4 is 22.5 Å². The summed E-state index contributed by atoms with van der Waals surface area (Å²) in [5.74, 6) is 2.25. The molecule has 4 aliphatic heterocycles. The summed E-state index contributed by atoms with van der Waals surface area (Å²) in [5.41, 5.74) is 22.1. The molecule has 1 saturated heterocycles. The number of aliphatic imine (C=N–C) groups is 3. The highest BCUT2D eigenvalue weighted by molar-refractivity contribution is 6.30. The highest BCUT2D eigenvalue weighted by Crippen LogP contribution is 2.52. The number of amides is 5. The third-order valence-corrected chi connectivity index (χ3v) is 20.5. The number of carbonyl (C=O) groups is 5. The van der Waals surface area contributed by atoms with Crippen LogP contribution in [0.3, 0.4) is 0 Å². The Labute approximate surface area is 564 Å². The molecular weight excluding hydrogens is 1210 g/mol. The molecule has 3 aliphatic carbocycles. The largest absolute Gasteiger partial charge is 0.380 e. The van der Waals surface area contributed by atoms with Crippen LogP contribution >= 0.6 is 11.6 Å². The zero-order valence-electron chi connectivity index (χ0n) is 55.0. The van der Waals surface area contributed by atoms with Gasteiger partial charge in [0.2, 0.25) is 5.91 Å². The maximum absolute atomic E-state index is 14.0. The van der Waals surface area contributed by atoms with E-state index in [0.717, 1.165) is 111 Å². The quantitative estimate of drug-likeness (QED) is 0.0531. The van der Waals surface area contributed by atoms with E-state index in [1.807, 2.05) is 182 Å². The van der Waals surface area contributed by atoms with Crippen LogP contribution in [0.5, 0.6) is 0 Å². The zero-order chi connectivity index (χ0) is 66.5. The maximum Gasteiger partial charge on any atom is 0.266 e. The predicted octanol–water partition coefficient (Wildman–Crippen LogP) is 11.6. The number of hydrogen-bond acceptors (Lipinski definition) is 12. The summed E-state index contributed by atoms with van der Waals surface area (Å²) in [6, 6.07) is 54.3. The van der Waals surface area contributed by atoms with E-state index in [1.54, 1.807) is 21.7 Å². The number of likely N-dealkylation sites (tertiary alicyclic amines) is 1. The number of ether oxygens (including phenoxy) is 1. The van der Waals surface area contributed by atoms with Crippen molar-refractivity contribution < 1.29 is 28.7 Å². The van der Waals surface area contributed by atoms with E-state index in [9.17, 15) is 24.0 Å². The second-order valence-corrected chi connectivity index (χ2v) is 27.2. The number of rotatable bonds is 20. The van der Waals surface area contributed by atoms with Gasteiger partial charge >= 0.3 is 0 Å². The van der Waals surface area contributed by atoms with E-state index < -0.39 is 16.6 Å². The average molecular weight is 1300 g/mol. The van der Waals surface area contributed by atoms with Gasteiger partial charge in [0.15, 0.2) is 29.0 Å². The second-order valence-electron chi connectivity index (χ2n) is 26.8. The van der Waals surface area contributed by atoms with Crippen LogP contribution in [0.25, 0.3) is 11.1 Å². The van der Waals surface area contributed by atoms with Crippen LogP contribution in [-0.2, 0) is 41.4 Å². The van der Waals surface area contributed by atoms with Crippen molar-refractivity contribution in [1.29, 1.82) is 0 Å². The molecule has 0 spiro atoms. The van der Waals surface area contributed by atoms with Gasteiger partial charge in [0.1, 0.15) is 5.54 Å². The van der Waals surface area contributed by atoms with Crippen molar-refractivity contribution in [2.45, 2.75) is 139 Å². The van der Waals surface area contributed by atoms with Crippen LogP contribution in [0.1, 0.15) is 142 Å². The molecule has 5 amide bonds. The minimum atomic E-state index is -1.19. The minimum Gasteiger partial charge on any atom is -0.380 e. The van der Waals surface area contributed by atoms with Crippen molar-refractivity contribution in [2.75, 3.05) is 46.4 Å². The highest BCUT2D eigenvalue weighted by Gasteiger charge is 2.58. The highest BCUT2D eigenvalue weighted by atomic mass is 35.5. The third-order valence-electron chi connectivity index (χ3n) is 20.3. The molecule has 4 heterocycles. The number of likely N-dealkylation sites (N-methyl/N-ethyl adjacent to an activating group) is 1. The van der Waals surface area contributed by atoms with Gasteiger partial charge in [-0.2, -0.15) is 0 Å². The summed E-state index contributed by atoms with van der Waals surface area (Å²) in [5, 5.41) is 3.90. The average Bonchev–Trinajstić information content (AvgIpc) is 1.59. The molecule has 3 saturated carbocycles. The summed E-state index contributed by atoms with van der Waals surface area (Å²) in [6.45, 7) is 5.22. The molecule has 0 radical (unpaired) electrons. The number of nitrogens with one attached hydrogen (secondary N) is 1. The third kappa shape index (κ3) is 15.5. The van der Waals surface area contributed by atoms with Crippen molar-refractivity contribution in [3.05, 3.63) is 203 Å². The van der Waals surface area contributed by atoms with Crippen LogP contribution in [0.4, 0.5) is 0 Å². The summed E-state index contributed by atoms with van der Waals surface area (Å²) in [6.07, 6.45) is 17.3. The van der Waals surface area contributed by atoms with Gasteiger partial charge in [-0.05, 0) is 152 Å². The van der Waals surface area contributed by atoms with Gasteiger partial charge < -0.3 is 32.2 Å². The van der Waals surface area contributed by atoms with Crippen LogP contribution in [0, 0.1) is 23.7 Å². The Morgan fingerprint density at radius 3 is 1.86 bits per heavy atom. The van der Waals surface area contributed by atoms with Crippen molar-refractivity contribution >= 4 is 59.0 Å². The Morgan fingerprint density at radius 2 is 1.22 bits per heavy atom. The van der Waals surface area contributed by atoms with Gasteiger partial charge in [-0.15, -0.1) is 0 Å². The Bertz CT molecular complexity index is 3690. The molecule has 5 atom stereocenters. The number of hydrogen-bond donors (Lipinski definition) is 4. The first-order chi connectivity index (χ1) is 46.1. The zero-order valence-corrected chi connectivity index (χ0v) is 55.8. The van der Waals surface area contributed by atoms with E-state index in [0.29, 0.717) is 67.7 Å². The number of nitrogens with zero attached hydrogens (tertiary/aromatic N) is 7. The lowest BCUT2D eigenvalue weighted by atomic mass is 9.74. The lowest BCUT2D eigenvalue weighted by Crippen LogP contribution is -2.49. The van der Waals surface area contributed by atoms with E-state index >= 15 is 0 Å². The lowest BCUT2D eigenvalue weighted by molar-refractivity contribution is -0.134. The van der Waals surface area contributed by atoms with Crippen molar-refractivity contribution in [3.8, 4) is 11.1 Å². The molecule has 7 aliphatic rings. The number of nitrogens with two attached hydrogens (primary N) is 3. The first-order valence-corrected chi connectivity index (χ1v) is 34.7. The lowest BCUT2D eigenvalue weighted by Gasteiger charge is -2.35. The number of guanidine groups is 3. The van der Waals surface area contributed by atoms with Gasteiger partial charge in [-0.25, -0.2) is 15.0 Å². The maximum atomic E-state index is 14.0. The van der Waals surface area contributed by atoms with Crippen molar-refractivity contribution in [2.24, 2.45) is 55.8 Å². The summed E-state index contributed by atoms with van der Waals surface area (Å²) >= 11 is 6.16. The molecular formula is C77H92ClN11O6. The molecule has 4 fully saturated rings. The molecule has 17 nitrogen and oxygen atoms in total. The number of carbonyl (C=O) groups excluding carboxylic acids is 5. The molecule has 1 unspecified atom stereocenters. The fourth-order valence-corrected chi connectivity index (χ4v) is 15.4. The smallest absolute Gasteiger partial charge is 0.266 e. The monoisotopic (exact) mass is 1300 g/mol. The molecule has 18 heteroatoms. The summed E-state index contributed by atoms with van der Waals surface area (Å²) < 4.78 is 5.41. The second kappa shape index (κ2) is 30.8. The topological polar surface area (TPSA) is 235 Å². The Kier molecular flexibility index (Phi) is 22.0. The first-order valence-electron chi connectivity index (χ1n) is 34.3. The van der Waals surface area contributed by atoms with E-state index in [2.05, 4.69) is 5.32 Å². The fraction of sp³-hybridized carbons (Fsp3) is 0.429. The normalized spacial score (nSPS) is 23.4. The Hall–Kier alpha value is -8.67. The molecule has 498 valence electrons. The number of benzene rings is 6. The van der Waals surface area contributed by atoms with Crippen LogP contribution in [0.2, 0.25) is 5.02 Å². The van der Waals surface area contributed by atoms with E-state index in [-0.39, 0.29) is 59.3 Å². The Morgan fingerprint density at radius 1 is 0.611 bits per heavy atom. The standard InChI is InChI=1S/C29H30N4O2.C26H38N4O2.C22H24ClN3O2/c30-28-31-29(24-14-6-2-7-15-24,25-16-8-3-9-17-25)27(35)33(28)21-23-13-10-18-32(20-23)26(34)19-22-11-4-1-5-12-22;1-30-24(32)26(29-25(30)27,16-15-19-9-4-2-5-10-19)18-20-11-8-14-22(17-20)28-23(31)21-12-6-3-7-13-21;1-2-28-12-11-26-20(27)22(17-9-10-17,25-21(26)24)18-7-3-5-15(13-18)16-6-4-8-19(23)14-16/h1-9,11-12,14-17,23H,10,13,18-21H2,(H2,30,31);3,6-7,12-13,19-20,22H,2,4-5,8-11,14-18H2,1H3,(H2,27,29)(H,28,31);3-8,13-14,17H,2,9-12H2,1H3,(H2,24,25)/t23-;20-,22+,26+;/m00./s1. The first kappa shape index (κ1) is 67.7. The number of piperidine rings is 1. The van der Waals surface area contributed by atoms with Crippen LogP contribution in [0.15, 0.2) is 185 Å². The van der Waals surface area contributed by atoms with Gasteiger partial charge in [-0.1, -0.05) is 196 Å². The van der Waals surface area contributed by atoms with Crippen molar-refractivity contribution in [1.82, 2.24) is 24.9 Å². The van der Waals surface area contributed by atoms with Crippen LogP contribution in [-0.4, -0.2) is 125 Å². The number of halogens is 1. The molecule has 7 N–H and O–H groups in total. The van der Waals surface area contributed by atoms with E-state index in [1.165, 1.54) is 32.1 Å². The SMILES string of the molecule is CCOCCN1C(=O)C(c2cccc(-c3cccc(Cl)c3)c2)(C2CC2)N=C1N.CN1C(=O)[C@@](CCC2CCCCC2)(C[C@H]2CCC[C@@H](NC(=O)c3ccccc3)C2)N=C1N.NC1=NC(c2ccccc2)(c2ccccc2)C(=O)N1C[C@H]1CCCN(C(=O)Cc2ccccc2)C1. The minimum absolute atomic E-state index is 0.0118. The molecule has 6 aromatic rings. The molecule has 0 bridgehead atoms.